The van der Waals surface area contributed by atoms with Crippen LogP contribution >= 0.6 is 0 Å². The van der Waals surface area contributed by atoms with Crippen LogP contribution in [0.3, 0.4) is 0 Å². The van der Waals surface area contributed by atoms with Crippen molar-refractivity contribution in [2.45, 2.75) is 50.5 Å². The van der Waals surface area contributed by atoms with Crippen LogP contribution in [0.5, 0.6) is 0 Å². The smallest absolute Gasteiger partial charge is 0.263 e. The van der Waals surface area contributed by atoms with Crippen molar-refractivity contribution in [3.8, 4) is 0 Å². The zero-order valence-corrected chi connectivity index (χ0v) is 19.5. The summed E-state index contributed by atoms with van der Waals surface area (Å²) in [6, 6.07) is 16.7. The molecule has 2 aliphatic heterocycles. The molecule has 0 bridgehead atoms. The van der Waals surface area contributed by atoms with Gasteiger partial charge in [0.25, 0.3) is 10.0 Å². The number of amides is 1. The van der Waals surface area contributed by atoms with Crippen LogP contribution in [0.2, 0.25) is 0 Å². The van der Waals surface area contributed by atoms with Crippen molar-refractivity contribution in [1.29, 1.82) is 0 Å². The Morgan fingerprint density at radius 2 is 1.75 bits per heavy atom. The summed E-state index contributed by atoms with van der Waals surface area (Å²) in [4.78, 5) is 20.3. The first-order valence-corrected chi connectivity index (χ1v) is 12.9. The Morgan fingerprint density at radius 3 is 2.44 bits per heavy atom. The van der Waals surface area contributed by atoms with Crippen LogP contribution in [0, 0.1) is 11.8 Å². The normalized spacial score (nSPS) is 21.1. The third-order valence-electron chi connectivity index (χ3n) is 6.66. The number of benzene rings is 2. The lowest BCUT2D eigenvalue weighted by Crippen LogP contribution is -2.46. The van der Waals surface area contributed by atoms with E-state index in [-0.39, 0.29) is 22.6 Å². The molecule has 0 unspecified atom stereocenters. The summed E-state index contributed by atoms with van der Waals surface area (Å²) < 4.78 is 27.5. The fraction of sp³-hybridized carbons (Fsp3) is 0.440. The number of hydrogen-bond acceptors (Lipinski definition) is 4. The fourth-order valence-electron chi connectivity index (χ4n) is 4.51. The summed E-state index contributed by atoms with van der Waals surface area (Å²) in [7, 11) is -3.63. The molecule has 0 aliphatic carbocycles. The van der Waals surface area contributed by atoms with Crippen molar-refractivity contribution in [3.63, 3.8) is 0 Å². The molecule has 2 heterocycles. The predicted molar refractivity (Wildman–Crippen MR) is 126 cm³/mol. The first-order valence-electron chi connectivity index (χ1n) is 11.4. The molecule has 0 aromatic heterocycles. The van der Waals surface area contributed by atoms with Crippen LogP contribution in [0.1, 0.15) is 44.2 Å². The molecule has 4 rings (SSSR count). The average Bonchev–Trinajstić information content (AvgIpc) is 3.08. The Bertz CT molecular complexity index is 1090. The lowest BCUT2D eigenvalue weighted by Gasteiger charge is -2.34. The van der Waals surface area contributed by atoms with Crippen molar-refractivity contribution in [2.24, 2.45) is 16.8 Å². The minimum Gasteiger partial charge on any atom is -0.341 e. The Hall–Kier alpha value is -2.67. The molecule has 1 N–H and O–H groups in total. The van der Waals surface area contributed by atoms with Gasteiger partial charge in [-0.25, -0.2) is 8.42 Å². The topological polar surface area (TPSA) is 78.8 Å². The molecule has 7 heteroatoms. The van der Waals surface area contributed by atoms with Crippen LogP contribution in [0.25, 0.3) is 0 Å². The Balaban J connectivity index is 1.49. The number of piperidine rings is 1. The molecule has 1 fully saturated rings. The van der Waals surface area contributed by atoms with Crippen LogP contribution in [0.15, 0.2) is 64.5 Å². The molecule has 2 atom stereocenters. The van der Waals surface area contributed by atoms with Crippen molar-refractivity contribution in [1.82, 2.24) is 9.62 Å². The number of sulfonamides is 1. The number of nitrogens with zero attached hydrogens (tertiary/aromatic N) is 2. The van der Waals surface area contributed by atoms with Gasteiger partial charge in [-0.15, -0.1) is 0 Å². The van der Waals surface area contributed by atoms with Gasteiger partial charge in [0.15, 0.2) is 0 Å². The summed E-state index contributed by atoms with van der Waals surface area (Å²) in [6.45, 7) is 5.47. The summed E-state index contributed by atoms with van der Waals surface area (Å²) in [5, 5.41) is 0. The molecular weight excluding hydrogens is 422 g/mol. The second kappa shape index (κ2) is 9.45. The molecule has 0 radical (unpaired) electrons. The van der Waals surface area contributed by atoms with Gasteiger partial charge in [-0.3, -0.25) is 14.5 Å². The maximum Gasteiger partial charge on any atom is 0.263 e. The minimum atomic E-state index is -3.63. The minimum absolute atomic E-state index is 0.00594. The van der Waals surface area contributed by atoms with Gasteiger partial charge in [0.05, 0.1) is 4.90 Å². The third kappa shape index (κ3) is 4.72. The highest BCUT2D eigenvalue weighted by Gasteiger charge is 2.35. The standard InChI is InChI=1S/C25H31N3O3S/c1-3-18(2)23(26-24-21-11-7-8-12-22(21)32(30,31)27-24)25(29)28-15-13-20(14-16-28)17-19-9-5-4-6-10-19/h4-12,18,20,23H,3,13-17H2,1-2H3,(H,26,27)/t18-,23-/m0/s1. The number of rotatable bonds is 6. The Kier molecular flexibility index (Phi) is 6.65. The van der Waals surface area contributed by atoms with Gasteiger partial charge in [0.1, 0.15) is 11.9 Å². The van der Waals surface area contributed by atoms with Crippen molar-refractivity contribution in [3.05, 3.63) is 65.7 Å². The highest BCUT2D eigenvalue weighted by atomic mass is 32.2. The molecule has 170 valence electrons. The first-order chi connectivity index (χ1) is 15.4. The molecule has 1 amide bonds. The molecule has 2 aliphatic rings. The number of nitrogens with one attached hydrogen (secondary N) is 1. The van der Waals surface area contributed by atoms with Gasteiger partial charge < -0.3 is 4.90 Å². The SMILES string of the molecule is CC[C@H](C)[C@H](N=C1NS(=O)(=O)c2ccccc21)C(=O)N1CCC(Cc2ccccc2)CC1. The van der Waals surface area contributed by atoms with E-state index in [1.807, 2.05) is 24.8 Å². The molecule has 6 nitrogen and oxygen atoms in total. The quantitative estimate of drug-likeness (QED) is 0.726. The van der Waals surface area contributed by atoms with Crippen LogP contribution in [-0.2, 0) is 21.2 Å². The highest BCUT2D eigenvalue weighted by Crippen LogP contribution is 2.27. The van der Waals surface area contributed by atoms with Crippen molar-refractivity contribution >= 4 is 21.8 Å². The third-order valence-corrected chi connectivity index (χ3v) is 8.06. The van der Waals surface area contributed by atoms with Gasteiger partial charge in [-0.2, -0.15) is 0 Å². The van der Waals surface area contributed by atoms with E-state index in [1.165, 1.54) is 5.56 Å². The summed E-state index contributed by atoms with van der Waals surface area (Å²) in [5.41, 5.74) is 1.88. The highest BCUT2D eigenvalue weighted by molar-refractivity contribution is 7.90. The first kappa shape index (κ1) is 22.5. The number of fused-ring (bicyclic) bond motifs is 1. The second-order valence-electron chi connectivity index (χ2n) is 8.87. The monoisotopic (exact) mass is 453 g/mol. The summed E-state index contributed by atoms with van der Waals surface area (Å²) in [5.74, 6) is 0.851. The zero-order chi connectivity index (χ0) is 22.7. The van der Waals surface area contributed by atoms with E-state index in [4.69, 9.17) is 0 Å². The Morgan fingerprint density at radius 1 is 1.09 bits per heavy atom. The number of hydrogen-bond donors (Lipinski definition) is 1. The van der Waals surface area contributed by atoms with Crippen LogP contribution in [0.4, 0.5) is 0 Å². The molecule has 2 aromatic rings. The summed E-state index contributed by atoms with van der Waals surface area (Å²) in [6.07, 6.45) is 3.77. The van der Waals surface area contributed by atoms with E-state index >= 15 is 0 Å². The molecule has 32 heavy (non-hydrogen) atoms. The van der Waals surface area contributed by atoms with Gasteiger partial charge in [-0.1, -0.05) is 62.7 Å². The van der Waals surface area contributed by atoms with Gasteiger partial charge in [0.2, 0.25) is 5.91 Å². The maximum atomic E-state index is 13.5. The van der Waals surface area contributed by atoms with E-state index in [0.717, 1.165) is 38.8 Å². The average molecular weight is 454 g/mol. The largest absolute Gasteiger partial charge is 0.341 e. The van der Waals surface area contributed by atoms with Crippen molar-refractivity contribution < 1.29 is 13.2 Å². The Labute approximate surface area is 190 Å². The lowest BCUT2D eigenvalue weighted by atomic mass is 9.89. The van der Waals surface area contributed by atoms with Crippen molar-refractivity contribution in [2.75, 3.05) is 13.1 Å². The molecule has 0 saturated carbocycles. The fourth-order valence-corrected chi connectivity index (χ4v) is 5.75. The van der Waals surface area contributed by atoms with E-state index in [0.29, 0.717) is 11.5 Å². The second-order valence-corrected chi connectivity index (χ2v) is 10.5. The van der Waals surface area contributed by atoms with Crippen LogP contribution in [-0.4, -0.2) is 44.2 Å². The number of aliphatic imine (C=N–C) groups is 1. The molecule has 0 spiro atoms. The van der Waals surface area contributed by atoms with Gasteiger partial charge >= 0.3 is 0 Å². The zero-order valence-electron chi connectivity index (χ0n) is 18.7. The van der Waals surface area contributed by atoms with Gasteiger partial charge in [0, 0.05) is 18.7 Å². The van der Waals surface area contributed by atoms with E-state index in [2.05, 4.69) is 34.0 Å². The molecule has 1 saturated heterocycles. The van der Waals surface area contributed by atoms with Crippen LogP contribution < -0.4 is 4.72 Å². The number of likely N-dealkylation sites (tertiary alicyclic amines) is 1. The number of carbonyl (C=O) groups is 1. The molecular formula is C25H31N3O3S. The summed E-state index contributed by atoms with van der Waals surface area (Å²) >= 11 is 0. The molecule has 2 aromatic carbocycles. The van der Waals surface area contributed by atoms with Gasteiger partial charge in [-0.05, 0) is 48.8 Å². The van der Waals surface area contributed by atoms with E-state index in [9.17, 15) is 13.2 Å². The predicted octanol–water partition coefficient (Wildman–Crippen LogP) is 3.62. The maximum absolute atomic E-state index is 13.5. The number of amidine groups is 1. The number of carbonyl (C=O) groups excluding carboxylic acids is 1. The van der Waals surface area contributed by atoms with E-state index in [1.54, 1.807) is 24.3 Å². The lowest BCUT2D eigenvalue weighted by molar-refractivity contribution is -0.135. The van der Waals surface area contributed by atoms with E-state index < -0.39 is 16.1 Å².